The van der Waals surface area contributed by atoms with Crippen LogP contribution in [-0.4, -0.2) is 51.8 Å². The van der Waals surface area contributed by atoms with Gasteiger partial charge in [0.1, 0.15) is 17.4 Å². The highest BCUT2D eigenvalue weighted by Gasteiger charge is 2.28. The van der Waals surface area contributed by atoms with Crippen LogP contribution in [0.2, 0.25) is 0 Å². The lowest BCUT2D eigenvalue weighted by molar-refractivity contribution is -0.131. The highest BCUT2D eigenvalue weighted by atomic mass is 35.5. The normalized spacial score (nSPS) is 16.8. The fourth-order valence-electron chi connectivity index (χ4n) is 4.06. The van der Waals surface area contributed by atoms with Crippen molar-refractivity contribution in [1.82, 2.24) is 25.0 Å². The van der Waals surface area contributed by atoms with Crippen molar-refractivity contribution in [2.75, 3.05) is 26.2 Å². The molecule has 158 valence electrons. The molecule has 1 aromatic carbocycles. The van der Waals surface area contributed by atoms with Gasteiger partial charge in [-0.15, -0.1) is 22.6 Å². The molecule has 3 heterocycles. The second-order valence-corrected chi connectivity index (χ2v) is 7.63. The summed E-state index contributed by atoms with van der Waals surface area (Å²) in [4.78, 5) is 14.8. The lowest BCUT2D eigenvalue weighted by Crippen LogP contribution is -2.39. The molecular weight excluding hydrogens is 390 g/mol. The number of likely N-dealkylation sites (tertiary alicyclic amines) is 1. The molecule has 1 aromatic heterocycles. The molecule has 1 amide bonds. The molecule has 0 saturated carbocycles. The number of hydrogen-bond acceptors (Lipinski definition) is 5. The van der Waals surface area contributed by atoms with Crippen LogP contribution in [0.4, 0.5) is 0 Å². The Kier molecular flexibility index (Phi) is 7.50. The zero-order valence-corrected chi connectivity index (χ0v) is 17.8. The van der Waals surface area contributed by atoms with E-state index in [-0.39, 0.29) is 18.3 Å². The van der Waals surface area contributed by atoms with Crippen molar-refractivity contribution in [1.29, 1.82) is 0 Å². The molecule has 8 heteroatoms. The van der Waals surface area contributed by atoms with E-state index in [1.165, 1.54) is 0 Å². The quantitative estimate of drug-likeness (QED) is 0.779. The molecule has 1 fully saturated rings. The predicted octanol–water partition coefficient (Wildman–Crippen LogP) is 2.54. The number of hydrogen-bond donors (Lipinski definition) is 1. The van der Waals surface area contributed by atoms with Crippen molar-refractivity contribution >= 4 is 18.3 Å². The van der Waals surface area contributed by atoms with Gasteiger partial charge in [0.2, 0.25) is 5.91 Å². The third-order valence-electron chi connectivity index (χ3n) is 5.59. The average Bonchev–Trinajstić information content (AvgIpc) is 3.17. The van der Waals surface area contributed by atoms with Crippen LogP contribution >= 0.6 is 12.4 Å². The molecule has 0 radical (unpaired) electrons. The van der Waals surface area contributed by atoms with Crippen molar-refractivity contribution in [3.63, 3.8) is 0 Å². The number of nitrogens with one attached hydrogen (secondary N) is 1. The fourth-order valence-corrected chi connectivity index (χ4v) is 4.06. The highest BCUT2D eigenvalue weighted by molar-refractivity contribution is 5.85. The zero-order chi connectivity index (χ0) is 19.3. The molecule has 2 aromatic rings. The summed E-state index contributed by atoms with van der Waals surface area (Å²) in [6, 6.07) is 7.89. The average molecular weight is 420 g/mol. The number of piperidine rings is 1. The van der Waals surface area contributed by atoms with Crippen molar-refractivity contribution in [3.8, 4) is 5.75 Å². The number of ether oxygens (including phenoxy) is 1. The Morgan fingerprint density at radius 3 is 2.86 bits per heavy atom. The van der Waals surface area contributed by atoms with Crippen LogP contribution in [0.3, 0.4) is 0 Å². The van der Waals surface area contributed by atoms with Crippen molar-refractivity contribution in [3.05, 3.63) is 41.5 Å². The van der Waals surface area contributed by atoms with E-state index in [0.717, 1.165) is 74.9 Å². The lowest BCUT2D eigenvalue weighted by Gasteiger charge is -2.32. The first-order valence-corrected chi connectivity index (χ1v) is 10.4. The van der Waals surface area contributed by atoms with E-state index in [9.17, 15) is 4.79 Å². The molecule has 0 spiro atoms. The molecule has 1 saturated heterocycles. The van der Waals surface area contributed by atoms with Gasteiger partial charge >= 0.3 is 0 Å². The maximum atomic E-state index is 12.8. The van der Waals surface area contributed by atoms with Gasteiger partial charge in [-0.2, -0.15) is 0 Å². The number of halogens is 1. The second-order valence-electron chi connectivity index (χ2n) is 7.63. The van der Waals surface area contributed by atoms with Gasteiger partial charge in [-0.3, -0.25) is 4.79 Å². The SMILES string of the molecule is CCCOc1cccc(CC(=O)N2CCC(c3nnc4n3CCNC4)CC2)c1.Cl. The molecular formula is C21H30ClN5O2. The molecule has 4 rings (SSSR count). The molecule has 29 heavy (non-hydrogen) atoms. The van der Waals surface area contributed by atoms with Crippen LogP contribution in [0.15, 0.2) is 24.3 Å². The Balaban J connectivity index is 0.00000240. The highest BCUT2D eigenvalue weighted by Crippen LogP contribution is 2.28. The molecule has 0 unspecified atom stereocenters. The van der Waals surface area contributed by atoms with Crippen LogP contribution in [0.1, 0.15) is 49.3 Å². The number of carbonyl (C=O) groups excluding carboxylic acids is 1. The van der Waals surface area contributed by atoms with Crippen molar-refractivity contribution < 1.29 is 9.53 Å². The summed E-state index contributed by atoms with van der Waals surface area (Å²) in [6.07, 6.45) is 3.32. The van der Waals surface area contributed by atoms with E-state index in [4.69, 9.17) is 4.74 Å². The number of carbonyl (C=O) groups is 1. The second kappa shape index (κ2) is 10.1. The van der Waals surface area contributed by atoms with E-state index in [1.54, 1.807) is 0 Å². The molecule has 0 atom stereocenters. The summed E-state index contributed by atoms with van der Waals surface area (Å²) in [6.45, 7) is 7.07. The van der Waals surface area contributed by atoms with Crippen LogP contribution in [0.25, 0.3) is 0 Å². The van der Waals surface area contributed by atoms with Crippen LogP contribution in [0.5, 0.6) is 5.75 Å². The van der Waals surface area contributed by atoms with E-state index in [1.807, 2.05) is 29.2 Å². The fraction of sp³-hybridized carbons (Fsp3) is 0.571. The number of fused-ring (bicyclic) bond motifs is 1. The minimum Gasteiger partial charge on any atom is -0.494 e. The van der Waals surface area contributed by atoms with Gasteiger partial charge in [-0.05, 0) is 37.0 Å². The van der Waals surface area contributed by atoms with Gasteiger partial charge in [0.25, 0.3) is 0 Å². The molecule has 0 bridgehead atoms. The number of aromatic nitrogens is 3. The summed E-state index contributed by atoms with van der Waals surface area (Å²) < 4.78 is 7.94. The van der Waals surface area contributed by atoms with Crippen molar-refractivity contribution in [2.45, 2.75) is 51.6 Å². The van der Waals surface area contributed by atoms with Gasteiger partial charge in [0.05, 0.1) is 19.6 Å². The summed E-state index contributed by atoms with van der Waals surface area (Å²) >= 11 is 0. The monoisotopic (exact) mass is 419 g/mol. The maximum Gasteiger partial charge on any atom is 0.226 e. The number of rotatable bonds is 6. The third kappa shape index (κ3) is 5.08. The molecule has 7 nitrogen and oxygen atoms in total. The van der Waals surface area contributed by atoms with Gasteiger partial charge in [0, 0.05) is 32.1 Å². The lowest BCUT2D eigenvalue weighted by atomic mass is 9.95. The smallest absolute Gasteiger partial charge is 0.226 e. The van der Waals surface area contributed by atoms with E-state index >= 15 is 0 Å². The first-order valence-electron chi connectivity index (χ1n) is 10.4. The Bertz CT molecular complexity index is 817. The molecule has 2 aliphatic heterocycles. The van der Waals surface area contributed by atoms with E-state index in [2.05, 4.69) is 27.0 Å². The van der Waals surface area contributed by atoms with Crippen LogP contribution in [-0.2, 0) is 24.3 Å². The number of nitrogens with zero attached hydrogens (tertiary/aromatic N) is 4. The van der Waals surface area contributed by atoms with E-state index in [0.29, 0.717) is 18.9 Å². The first-order chi connectivity index (χ1) is 13.7. The van der Waals surface area contributed by atoms with Crippen LogP contribution in [0, 0.1) is 0 Å². The molecule has 1 N–H and O–H groups in total. The van der Waals surface area contributed by atoms with Gasteiger partial charge in [-0.25, -0.2) is 0 Å². The topological polar surface area (TPSA) is 72.3 Å². The summed E-state index contributed by atoms with van der Waals surface area (Å²) in [7, 11) is 0. The Morgan fingerprint density at radius 1 is 1.24 bits per heavy atom. The molecule has 0 aliphatic carbocycles. The minimum absolute atomic E-state index is 0. The number of benzene rings is 1. The van der Waals surface area contributed by atoms with E-state index < -0.39 is 0 Å². The Morgan fingerprint density at radius 2 is 2.07 bits per heavy atom. The van der Waals surface area contributed by atoms with Crippen molar-refractivity contribution in [2.24, 2.45) is 0 Å². The zero-order valence-electron chi connectivity index (χ0n) is 17.0. The van der Waals surface area contributed by atoms with Gasteiger partial charge in [-0.1, -0.05) is 19.1 Å². The molecule has 2 aliphatic rings. The predicted molar refractivity (Wildman–Crippen MR) is 113 cm³/mol. The minimum atomic E-state index is 0. The first kappa shape index (κ1) is 21.6. The largest absolute Gasteiger partial charge is 0.494 e. The third-order valence-corrected chi connectivity index (χ3v) is 5.59. The standard InChI is InChI=1S/C21H29N5O2.ClH/c1-2-12-28-18-5-3-4-16(13-18)14-20(27)25-9-6-17(7-10-25)21-24-23-19-15-22-8-11-26(19)21;/h3-5,13,17,22H,2,6-12,14-15H2,1H3;1H. The Labute approximate surface area is 178 Å². The Hall–Kier alpha value is -2.12. The summed E-state index contributed by atoms with van der Waals surface area (Å²) in [5, 5.41) is 12.1. The van der Waals surface area contributed by atoms with Gasteiger partial charge in [0.15, 0.2) is 0 Å². The van der Waals surface area contributed by atoms with Gasteiger partial charge < -0.3 is 19.5 Å². The summed E-state index contributed by atoms with van der Waals surface area (Å²) in [5.41, 5.74) is 1.01. The summed E-state index contributed by atoms with van der Waals surface area (Å²) in [5.74, 6) is 3.57. The van der Waals surface area contributed by atoms with Crippen LogP contribution < -0.4 is 10.1 Å². The maximum absolute atomic E-state index is 12.8. The number of amides is 1.